The third kappa shape index (κ3) is 6.18. The monoisotopic (exact) mass is 400 g/mol. The third-order valence-electron chi connectivity index (χ3n) is 4.45. The molecule has 1 fully saturated rings. The first-order valence-electron chi connectivity index (χ1n) is 8.65. The van der Waals surface area contributed by atoms with Crippen molar-refractivity contribution in [1.29, 1.82) is 0 Å². The molecule has 1 heterocycles. The molecular weight excluding hydrogens is 375 g/mol. The number of carbonyl (C=O) groups is 3. The Bertz CT molecular complexity index is 661. The second-order valence-electron chi connectivity index (χ2n) is 6.67. The van der Waals surface area contributed by atoms with Crippen molar-refractivity contribution in [3.05, 3.63) is 35.6 Å². The van der Waals surface area contributed by atoms with Crippen LogP contribution in [0.25, 0.3) is 0 Å². The highest BCUT2D eigenvalue weighted by Gasteiger charge is 2.25. The Morgan fingerprint density at radius 3 is 2.11 bits per heavy atom. The number of hydrogen-bond donors (Lipinski definition) is 2. The number of benzene rings is 1. The zero-order valence-corrected chi connectivity index (χ0v) is 16.3. The number of nitrogens with one attached hydrogen (secondary N) is 1. The summed E-state index contributed by atoms with van der Waals surface area (Å²) in [6.45, 7) is 5.12. The Balaban J connectivity index is 0.00000364. The van der Waals surface area contributed by atoms with Gasteiger partial charge in [0.1, 0.15) is 5.82 Å². The van der Waals surface area contributed by atoms with Gasteiger partial charge in [-0.25, -0.2) is 4.39 Å². The van der Waals surface area contributed by atoms with Gasteiger partial charge in [0, 0.05) is 31.7 Å². The van der Waals surface area contributed by atoms with Crippen LogP contribution in [-0.2, 0) is 9.59 Å². The lowest BCUT2D eigenvalue weighted by molar-refractivity contribution is -0.134. The summed E-state index contributed by atoms with van der Waals surface area (Å²) in [6, 6.07) is 4.74. The summed E-state index contributed by atoms with van der Waals surface area (Å²) in [5, 5.41) is 2.55. The van der Waals surface area contributed by atoms with Gasteiger partial charge in [0.05, 0.1) is 12.6 Å². The number of nitrogens with two attached hydrogens (primary N) is 1. The van der Waals surface area contributed by atoms with Gasteiger partial charge < -0.3 is 20.9 Å². The predicted octanol–water partition coefficient (Wildman–Crippen LogP) is 0.631. The third-order valence-corrected chi connectivity index (χ3v) is 4.45. The van der Waals surface area contributed by atoms with E-state index in [4.69, 9.17) is 5.73 Å². The van der Waals surface area contributed by atoms with Crippen molar-refractivity contribution in [2.75, 3.05) is 32.7 Å². The zero-order chi connectivity index (χ0) is 19.3. The van der Waals surface area contributed by atoms with E-state index >= 15 is 0 Å². The summed E-state index contributed by atoms with van der Waals surface area (Å²) < 4.78 is 12.9. The first-order chi connectivity index (χ1) is 12.3. The molecule has 0 radical (unpaired) electrons. The Morgan fingerprint density at radius 1 is 1.07 bits per heavy atom. The molecule has 0 aromatic heterocycles. The molecule has 2 rings (SSSR count). The van der Waals surface area contributed by atoms with Crippen molar-refractivity contribution in [1.82, 2.24) is 15.1 Å². The fourth-order valence-electron chi connectivity index (χ4n) is 2.63. The van der Waals surface area contributed by atoms with Gasteiger partial charge in [0.25, 0.3) is 5.91 Å². The topological polar surface area (TPSA) is 95.7 Å². The van der Waals surface area contributed by atoms with Gasteiger partial charge in [-0.2, -0.15) is 0 Å². The van der Waals surface area contributed by atoms with Crippen LogP contribution < -0.4 is 11.1 Å². The van der Waals surface area contributed by atoms with Crippen molar-refractivity contribution in [2.24, 2.45) is 11.7 Å². The van der Waals surface area contributed by atoms with Crippen LogP contribution in [-0.4, -0.2) is 66.3 Å². The Kier molecular flexibility index (Phi) is 8.65. The molecule has 0 saturated carbocycles. The van der Waals surface area contributed by atoms with Gasteiger partial charge in [-0.05, 0) is 30.2 Å². The van der Waals surface area contributed by atoms with E-state index in [1.807, 2.05) is 13.8 Å². The van der Waals surface area contributed by atoms with Crippen LogP contribution in [0.15, 0.2) is 24.3 Å². The molecule has 0 bridgehead atoms. The lowest BCUT2D eigenvalue weighted by Crippen LogP contribution is -2.53. The summed E-state index contributed by atoms with van der Waals surface area (Å²) >= 11 is 0. The smallest absolute Gasteiger partial charge is 0.253 e. The summed E-state index contributed by atoms with van der Waals surface area (Å²) in [7, 11) is 0. The lowest BCUT2D eigenvalue weighted by Gasteiger charge is -2.35. The second kappa shape index (κ2) is 10.2. The van der Waals surface area contributed by atoms with Crippen LogP contribution in [0.3, 0.4) is 0 Å². The summed E-state index contributed by atoms with van der Waals surface area (Å²) in [4.78, 5) is 39.6. The molecular formula is C18H26ClFN4O3. The fourth-order valence-corrected chi connectivity index (χ4v) is 2.63. The summed E-state index contributed by atoms with van der Waals surface area (Å²) in [6.07, 6.45) is 0. The highest BCUT2D eigenvalue weighted by atomic mass is 35.5. The first-order valence-corrected chi connectivity index (χ1v) is 8.65. The van der Waals surface area contributed by atoms with Crippen LogP contribution in [0.1, 0.15) is 24.2 Å². The number of amides is 3. The van der Waals surface area contributed by atoms with Gasteiger partial charge in [0.15, 0.2) is 0 Å². The van der Waals surface area contributed by atoms with Crippen molar-refractivity contribution in [3.63, 3.8) is 0 Å². The van der Waals surface area contributed by atoms with E-state index in [-0.39, 0.29) is 42.6 Å². The molecule has 3 N–H and O–H groups in total. The van der Waals surface area contributed by atoms with Crippen LogP contribution in [0.2, 0.25) is 0 Å². The van der Waals surface area contributed by atoms with E-state index in [1.165, 1.54) is 24.3 Å². The minimum Gasteiger partial charge on any atom is -0.346 e. The summed E-state index contributed by atoms with van der Waals surface area (Å²) in [5.41, 5.74) is 6.15. The fraction of sp³-hybridized carbons (Fsp3) is 0.500. The van der Waals surface area contributed by atoms with E-state index in [0.717, 1.165) is 0 Å². The van der Waals surface area contributed by atoms with Gasteiger partial charge in [-0.3, -0.25) is 14.4 Å². The van der Waals surface area contributed by atoms with Gasteiger partial charge in [-0.1, -0.05) is 13.8 Å². The molecule has 1 aromatic carbocycles. The number of piperazine rings is 1. The lowest BCUT2D eigenvalue weighted by atomic mass is 10.1. The average molecular weight is 401 g/mol. The van der Waals surface area contributed by atoms with Crippen LogP contribution in [0.4, 0.5) is 4.39 Å². The highest BCUT2D eigenvalue weighted by molar-refractivity contribution is 5.94. The molecule has 27 heavy (non-hydrogen) atoms. The maximum Gasteiger partial charge on any atom is 0.253 e. The molecule has 1 atom stereocenters. The zero-order valence-electron chi connectivity index (χ0n) is 15.5. The molecule has 9 heteroatoms. The number of carbonyl (C=O) groups excluding carboxylic acids is 3. The average Bonchev–Trinajstić information content (AvgIpc) is 2.65. The molecule has 7 nitrogen and oxygen atoms in total. The first kappa shape index (κ1) is 22.9. The normalized spacial score (nSPS) is 15.1. The molecule has 1 aromatic rings. The second-order valence-corrected chi connectivity index (χ2v) is 6.67. The molecule has 150 valence electrons. The van der Waals surface area contributed by atoms with Crippen LogP contribution in [0.5, 0.6) is 0 Å². The van der Waals surface area contributed by atoms with Crippen molar-refractivity contribution < 1.29 is 18.8 Å². The van der Waals surface area contributed by atoms with Crippen molar-refractivity contribution in [2.45, 2.75) is 19.9 Å². The van der Waals surface area contributed by atoms with E-state index < -0.39 is 11.9 Å². The SMILES string of the molecule is CC(C)[C@H](N)C(=O)NCC(=O)N1CCN(C(=O)c2ccc(F)cc2)CC1.Cl. The van der Waals surface area contributed by atoms with Crippen LogP contribution in [0, 0.1) is 11.7 Å². The number of nitrogens with zero attached hydrogens (tertiary/aromatic N) is 2. The summed E-state index contributed by atoms with van der Waals surface area (Å²) in [5.74, 6) is -1.14. The molecule has 0 aliphatic carbocycles. The number of halogens is 2. The van der Waals surface area contributed by atoms with E-state index in [2.05, 4.69) is 5.32 Å². The minimum absolute atomic E-state index is 0. The van der Waals surface area contributed by atoms with E-state index in [0.29, 0.717) is 31.7 Å². The minimum atomic E-state index is -0.645. The van der Waals surface area contributed by atoms with Gasteiger partial charge in [0.2, 0.25) is 11.8 Å². The van der Waals surface area contributed by atoms with Gasteiger partial charge in [-0.15, -0.1) is 12.4 Å². The predicted molar refractivity (Wildman–Crippen MR) is 102 cm³/mol. The van der Waals surface area contributed by atoms with Crippen molar-refractivity contribution >= 4 is 30.1 Å². The Hall–Kier alpha value is -2.19. The number of hydrogen-bond acceptors (Lipinski definition) is 4. The molecule has 0 unspecified atom stereocenters. The number of rotatable bonds is 5. The Morgan fingerprint density at radius 2 is 1.59 bits per heavy atom. The molecule has 0 spiro atoms. The van der Waals surface area contributed by atoms with Crippen molar-refractivity contribution in [3.8, 4) is 0 Å². The maximum atomic E-state index is 12.9. The van der Waals surface area contributed by atoms with E-state index in [1.54, 1.807) is 9.80 Å². The molecule has 1 aliphatic heterocycles. The molecule has 3 amide bonds. The van der Waals surface area contributed by atoms with Crippen LogP contribution >= 0.6 is 12.4 Å². The Labute approximate surface area is 164 Å². The molecule has 1 aliphatic rings. The highest BCUT2D eigenvalue weighted by Crippen LogP contribution is 2.10. The largest absolute Gasteiger partial charge is 0.346 e. The maximum absolute atomic E-state index is 12.9. The van der Waals surface area contributed by atoms with Gasteiger partial charge >= 0.3 is 0 Å². The van der Waals surface area contributed by atoms with E-state index in [9.17, 15) is 18.8 Å². The quantitative estimate of drug-likeness (QED) is 0.757. The standard InChI is InChI=1S/C18H25FN4O3.ClH/c1-12(2)16(20)17(25)21-11-15(24)22-7-9-23(10-8-22)18(26)13-3-5-14(19)6-4-13;/h3-6,12,16H,7-11,20H2,1-2H3,(H,21,25);1H/t16-;/m0./s1. The molecule has 1 saturated heterocycles.